The maximum Gasteiger partial charge on any atom is 0.274 e. The molecule has 1 amide bonds. The number of carbonyl (C=O) groups excluding carboxylic acids is 1. The quantitative estimate of drug-likeness (QED) is 0.906. The Morgan fingerprint density at radius 3 is 2.60 bits per heavy atom. The summed E-state index contributed by atoms with van der Waals surface area (Å²) in [6.45, 7) is 4.40. The van der Waals surface area contributed by atoms with Gasteiger partial charge in [0, 0.05) is 57.6 Å². The Labute approximate surface area is 147 Å². The van der Waals surface area contributed by atoms with Gasteiger partial charge in [0.15, 0.2) is 5.69 Å². The molecule has 1 aliphatic heterocycles. The summed E-state index contributed by atoms with van der Waals surface area (Å²) in [4.78, 5) is 24.9. The van der Waals surface area contributed by atoms with Crippen LogP contribution in [0.3, 0.4) is 0 Å². The van der Waals surface area contributed by atoms with E-state index in [-0.39, 0.29) is 18.1 Å². The van der Waals surface area contributed by atoms with E-state index in [1.54, 1.807) is 24.3 Å². The SMILES string of the molecule is C[C@@H]1Cc2c(C(=O)N(C)Cc3cnc(N(C)C)nc3)n[nH]c2[C@H](C)O1. The van der Waals surface area contributed by atoms with E-state index in [1.165, 1.54) is 0 Å². The van der Waals surface area contributed by atoms with Gasteiger partial charge in [-0.05, 0) is 13.8 Å². The normalized spacial score (nSPS) is 19.4. The lowest BCUT2D eigenvalue weighted by atomic mass is 9.99. The van der Waals surface area contributed by atoms with Crippen LogP contribution < -0.4 is 4.90 Å². The number of amides is 1. The fourth-order valence-corrected chi connectivity index (χ4v) is 3.04. The molecule has 0 aliphatic carbocycles. The lowest BCUT2D eigenvalue weighted by Gasteiger charge is -2.25. The van der Waals surface area contributed by atoms with Crippen molar-refractivity contribution in [2.24, 2.45) is 0 Å². The molecule has 0 fully saturated rings. The van der Waals surface area contributed by atoms with Crippen LogP contribution in [0.2, 0.25) is 0 Å². The van der Waals surface area contributed by atoms with Gasteiger partial charge in [-0.3, -0.25) is 9.89 Å². The molecule has 8 heteroatoms. The summed E-state index contributed by atoms with van der Waals surface area (Å²) in [7, 11) is 5.53. The van der Waals surface area contributed by atoms with E-state index < -0.39 is 0 Å². The third kappa shape index (κ3) is 3.48. The van der Waals surface area contributed by atoms with E-state index in [0.717, 1.165) is 16.8 Å². The van der Waals surface area contributed by atoms with Crippen LogP contribution in [0.25, 0.3) is 0 Å². The zero-order valence-electron chi connectivity index (χ0n) is 15.3. The van der Waals surface area contributed by atoms with E-state index >= 15 is 0 Å². The minimum Gasteiger partial charge on any atom is -0.369 e. The van der Waals surface area contributed by atoms with E-state index in [4.69, 9.17) is 4.74 Å². The molecule has 8 nitrogen and oxygen atoms in total. The summed E-state index contributed by atoms with van der Waals surface area (Å²) in [5, 5.41) is 7.21. The fourth-order valence-electron chi connectivity index (χ4n) is 3.04. The second-order valence-corrected chi connectivity index (χ2v) is 6.70. The first kappa shape index (κ1) is 17.3. The third-order valence-electron chi connectivity index (χ3n) is 4.29. The molecular formula is C17H24N6O2. The van der Waals surface area contributed by atoms with Crippen molar-refractivity contribution >= 4 is 11.9 Å². The van der Waals surface area contributed by atoms with Crippen molar-refractivity contribution in [1.82, 2.24) is 25.1 Å². The van der Waals surface area contributed by atoms with Gasteiger partial charge < -0.3 is 14.5 Å². The molecule has 0 spiro atoms. The lowest BCUT2D eigenvalue weighted by molar-refractivity contribution is -0.00701. The molecule has 2 aromatic heterocycles. The third-order valence-corrected chi connectivity index (χ3v) is 4.29. The molecule has 3 rings (SSSR count). The second kappa shape index (κ2) is 6.79. The zero-order chi connectivity index (χ0) is 18.1. The minimum atomic E-state index is -0.115. The molecule has 1 aliphatic rings. The predicted molar refractivity (Wildman–Crippen MR) is 93.4 cm³/mol. The lowest BCUT2D eigenvalue weighted by Crippen LogP contribution is -2.29. The summed E-state index contributed by atoms with van der Waals surface area (Å²) in [6.07, 6.45) is 4.16. The summed E-state index contributed by atoms with van der Waals surface area (Å²) in [5.74, 6) is 0.526. The van der Waals surface area contributed by atoms with Crippen LogP contribution in [0, 0.1) is 0 Å². The van der Waals surface area contributed by atoms with Gasteiger partial charge in [0.05, 0.1) is 17.9 Å². The van der Waals surface area contributed by atoms with Gasteiger partial charge in [-0.2, -0.15) is 5.10 Å². The molecule has 0 aromatic carbocycles. The average Bonchev–Trinajstić information content (AvgIpc) is 2.98. The number of hydrogen-bond acceptors (Lipinski definition) is 6. The Balaban J connectivity index is 1.75. The number of hydrogen-bond donors (Lipinski definition) is 1. The van der Waals surface area contributed by atoms with E-state index in [1.807, 2.05) is 32.8 Å². The van der Waals surface area contributed by atoms with Crippen molar-refractivity contribution in [3.63, 3.8) is 0 Å². The van der Waals surface area contributed by atoms with Crippen molar-refractivity contribution in [3.05, 3.63) is 34.9 Å². The first-order valence-corrected chi connectivity index (χ1v) is 8.33. The number of aromatic nitrogens is 4. The molecule has 0 radical (unpaired) electrons. The summed E-state index contributed by atoms with van der Waals surface area (Å²) in [5.41, 5.74) is 3.21. The first-order chi connectivity index (χ1) is 11.9. The fraction of sp³-hybridized carbons (Fsp3) is 0.529. The number of nitrogens with one attached hydrogen (secondary N) is 1. The maximum absolute atomic E-state index is 12.8. The molecule has 1 N–H and O–H groups in total. The molecule has 0 saturated carbocycles. The van der Waals surface area contributed by atoms with Gasteiger partial charge in [-0.15, -0.1) is 0 Å². The van der Waals surface area contributed by atoms with Crippen LogP contribution in [0.5, 0.6) is 0 Å². The van der Waals surface area contributed by atoms with Crippen LogP contribution in [0.4, 0.5) is 5.95 Å². The summed E-state index contributed by atoms with van der Waals surface area (Å²) < 4.78 is 5.78. The number of rotatable bonds is 4. The molecule has 134 valence electrons. The van der Waals surface area contributed by atoms with Crippen LogP contribution >= 0.6 is 0 Å². The molecule has 2 atom stereocenters. The van der Waals surface area contributed by atoms with Crippen LogP contribution in [-0.2, 0) is 17.7 Å². The van der Waals surface area contributed by atoms with Gasteiger partial charge in [-0.1, -0.05) is 0 Å². The standard InChI is InChI=1S/C17H24N6O2/c1-10-6-13-14(11(2)25-10)20-21-15(13)16(24)23(5)9-12-7-18-17(19-8-12)22(3)4/h7-8,10-11H,6,9H2,1-5H3,(H,20,21)/t10-,11+/m1/s1. The number of aromatic amines is 1. The maximum atomic E-state index is 12.8. The monoisotopic (exact) mass is 344 g/mol. The number of anilines is 1. The highest BCUT2D eigenvalue weighted by atomic mass is 16.5. The van der Waals surface area contributed by atoms with Crippen LogP contribution in [-0.4, -0.2) is 58.2 Å². The molecular weight excluding hydrogens is 320 g/mol. The van der Waals surface area contributed by atoms with Gasteiger partial charge in [0.1, 0.15) is 0 Å². The Bertz CT molecular complexity index is 755. The zero-order valence-corrected chi connectivity index (χ0v) is 15.3. The molecule has 0 unspecified atom stereocenters. The summed E-state index contributed by atoms with van der Waals surface area (Å²) in [6, 6.07) is 0. The number of carbonyl (C=O) groups is 1. The molecule has 0 bridgehead atoms. The Morgan fingerprint density at radius 1 is 1.28 bits per heavy atom. The summed E-state index contributed by atoms with van der Waals surface area (Å²) >= 11 is 0. The number of H-pyrrole nitrogens is 1. The smallest absolute Gasteiger partial charge is 0.274 e. The number of fused-ring (bicyclic) bond motifs is 1. The van der Waals surface area contributed by atoms with Crippen molar-refractivity contribution in [3.8, 4) is 0 Å². The number of ether oxygens (including phenoxy) is 1. The van der Waals surface area contributed by atoms with Gasteiger partial charge in [0.2, 0.25) is 5.95 Å². The van der Waals surface area contributed by atoms with Gasteiger partial charge >= 0.3 is 0 Å². The highest BCUT2D eigenvalue weighted by molar-refractivity contribution is 5.93. The van der Waals surface area contributed by atoms with Crippen LogP contribution in [0.15, 0.2) is 12.4 Å². The Morgan fingerprint density at radius 2 is 1.96 bits per heavy atom. The first-order valence-electron chi connectivity index (χ1n) is 8.33. The van der Waals surface area contributed by atoms with Gasteiger partial charge in [-0.25, -0.2) is 9.97 Å². The molecule has 2 aromatic rings. The predicted octanol–water partition coefficient (Wildman–Crippen LogP) is 1.56. The van der Waals surface area contributed by atoms with Crippen molar-refractivity contribution in [2.45, 2.75) is 39.0 Å². The Kier molecular flexibility index (Phi) is 4.71. The van der Waals surface area contributed by atoms with Crippen molar-refractivity contribution in [1.29, 1.82) is 0 Å². The average molecular weight is 344 g/mol. The highest BCUT2D eigenvalue weighted by Crippen LogP contribution is 2.30. The van der Waals surface area contributed by atoms with Gasteiger partial charge in [0.25, 0.3) is 5.91 Å². The van der Waals surface area contributed by atoms with E-state index in [9.17, 15) is 4.79 Å². The largest absolute Gasteiger partial charge is 0.369 e. The topological polar surface area (TPSA) is 87.2 Å². The highest BCUT2D eigenvalue weighted by Gasteiger charge is 2.30. The molecule has 25 heavy (non-hydrogen) atoms. The van der Waals surface area contributed by atoms with E-state index in [2.05, 4.69) is 20.2 Å². The van der Waals surface area contributed by atoms with Crippen LogP contribution in [0.1, 0.15) is 47.3 Å². The molecule has 0 saturated heterocycles. The second-order valence-electron chi connectivity index (χ2n) is 6.70. The molecule has 3 heterocycles. The number of nitrogens with zero attached hydrogens (tertiary/aromatic N) is 5. The van der Waals surface area contributed by atoms with Crippen molar-refractivity contribution in [2.75, 3.05) is 26.0 Å². The Hall–Kier alpha value is -2.48. The minimum absolute atomic E-state index is 0.0731. The van der Waals surface area contributed by atoms with Crippen molar-refractivity contribution < 1.29 is 9.53 Å². The van der Waals surface area contributed by atoms with E-state index in [0.29, 0.717) is 24.6 Å².